The van der Waals surface area contributed by atoms with Crippen LogP contribution in [0.5, 0.6) is 0 Å². The van der Waals surface area contributed by atoms with Crippen LogP contribution in [0.15, 0.2) is 18.2 Å². The number of anilines is 1. The van der Waals surface area contributed by atoms with E-state index in [1.54, 1.807) is 0 Å². The molecule has 1 rings (SSSR count). The monoisotopic (exact) mass is 270 g/mol. The summed E-state index contributed by atoms with van der Waals surface area (Å²) in [5.41, 5.74) is 0.131. The van der Waals surface area contributed by atoms with Gasteiger partial charge in [0.2, 0.25) is 0 Å². The molecule has 0 fully saturated rings. The number of nitrogens with zero attached hydrogens (tertiary/aromatic N) is 1. The summed E-state index contributed by atoms with van der Waals surface area (Å²) in [6.07, 6.45) is 0. The smallest absolute Gasteiger partial charge is 0.274 e. The minimum absolute atomic E-state index is 0.0265. The molecule has 0 spiro atoms. The van der Waals surface area contributed by atoms with E-state index < -0.39 is 10.7 Å². The van der Waals surface area contributed by atoms with Crippen LogP contribution in [0.1, 0.15) is 20.8 Å². The van der Waals surface area contributed by atoms with Crippen molar-refractivity contribution < 1.29 is 14.1 Å². The van der Waals surface area contributed by atoms with Crippen molar-refractivity contribution in [2.45, 2.75) is 26.8 Å². The van der Waals surface area contributed by atoms with Crippen LogP contribution in [0.3, 0.4) is 0 Å². The Hall–Kier alpha value is -1.69. The van der Waals surface area contributed by atoms with Gasteiger partial charge in [0.15, 0.2) is 0 Å². The maximum absolute atomic E-state index is 13.3. The van der Waals surface area contributed by atoms with E-state index in [1.165, 1.54) is 12.1 Å². The van der Waals surface area contributed by atoms with Crippen molar-refractivity contribution >= 4 is 11.4 Å². The summed E-state index contributed by atoms with van der Waals surface area (Å²) < 4.78 is 18.7. The first-order chi connectivity index (χ1) is 8.93. The van der Waals surface area contributed by atoms with Crippen molar-refractivity contribution in [3.8, 4) is 0 Å². The first-order valence-corrected chi connectivity index (χ1v) is 6.23. The second-order valence-electron chi connectivity index (χ2n) is 4.61. The molecule has 5 nitrogen and oxygen atoms in total. The van der Waals surface area contributed by atoms with Gasteiger partial charge < -0.3 is 10.1 Å². The number of ether oxygens (including phenoxy) is 1. The van der Waals surface area contributed by atoms with Crippen LogP contribution >= 0.6 is 0 Å². The fourth-order valence-corrected chi connectivity index (χ4v) is 1.62. The lowest BCUT2D eigenvalue weighted by atomic mass is 10.0. The van der Waals surface area contributed by atoms with Gasteiger partial charge in [0.05, 0.1) is 23.6 Å². The highest BCUT2D eigenvalue weighted by atomic mass is 19.1. The molecule has 6 heteroatoms. The van der Waals surface area contributed by atoms with E-state index in [2.05, 4.69) is 5.32 Å². The van der Waals surface area contributed by atoms with Gasteiger partial charge in [0.25, 0.3) is 5.69 Å². The van der Waals surface area contributed by atoms with Gasteiger partial charge in [-0.15, -0.1) is 0 Å². The third-order valence-corrected chi connectivity index (χ3v) is 2.75. The molecule has 0 amide bonds. The van der Waals surface area contributed by atoms with Crippen molar-refractivity contribution in [2.24, 2.45) is 5.92 Å². The number of benzene rings is 1. The Labute approximate surface area is 111 Å². The molecule has 19 heavy (non-hydrogen) atoms. The number of nitro benzene ring substituents is 1. The van der Waals surface area contributed by atoms with Gasteiger partial charge >= 0.3 is 0 Å². The molecular weight excluding hydrogens is 251 g/mol. The van der Waals surface area contributed by atoms with Gasteiger partial charge in [-0.05, 0) is 18.9 Å². The number of non-ortho nitro benzene ring substituents is 1. The summed E-state index contributed by atoms with van der Waals surface area (Å²) in [4.78, 5) is 10.1. The number of hydrogen-bond donors (Lipinski definition) is 1. The molecule has 1 N–H and O–H groups in total. The van der Waals surface area contributed by atoms with Crippen molar-refractivity contribution in [1.29, 1.82) is 0 Å². The Bertz CT molecular complexity index is 438. The summed E-state index contributed by atoms with van der Waals surface area (Å²) in [6.45, 7) is 6.96. The van der Waals surface area contributed by atoms with Crippen molar-refractivity contribution in [1.82, 2.24) is 0 Å². The molecule has 106 valence electrons. The molecule has 0 aromatic heterocycles. The molecule has 0 saturated heterocycles. The Morgan fingerprint density at radius 2 is 2.11 bits per heavy atom. The van der Waals surface area contributed by atoms with Gasteiger partial charge in [-0.25, -0.2) is 4.39 Å². The van der Waals surface area contributed by atoms with Crippen molar-refractivity contribution in [3.05, 3.63) is 34.1 Å². The standard InChI is InChI=1S/C13H19FN2O3/c1-4-19-8-13(9(2)3)15-11-5-10(14)6-12(7-11)16(17)18/h5-7,9,13,15H,4,8H2,1-3H3. The van der Waals surface area contributed by atoms with Gasteiger partial charge in [-0.2, -0.15) is 0 Å². The van der Waals surface area contributed by atoms with E-state index >= 15 is 0 Å². The molecule has 1 aromatic rings. The molecule has 0 heterocycles. The maximum atomic E-state index is 13.3. The largest absolute Gasteiger partial charge is 0.380 e. The SMILES string of the molecule is CCOCC(Nc1cc(F)cc([N+](=O)[O-])c1)C(C)C. The number of rotatable bonds is 7. The topological polar surface area (TPSA) is 64.4 Å². The minimum atomic E-state index is -0.629. The van der Waals surface area contributed by atoms with Crippen LogP contribution in [0.25, 0.3) is 0 Å². The van der Waals surface area contributed by atoms with Crippen molar-refractivity contribution in [3.63, 3.8) is 0 Å². The van der Waals surface area contributed by atoms with E-state index in [4.69, 9.17) is 4.74 Å². The predicted octanol–water partition coefficient (Wildman–Crippen LogP) is 3.21. The lowest BCUT2D eigenvalue weighted by Crippen LogP contribution is -2.31. The minimum Gasteiger partial charge on any atom is -0.380 e. The third-order valence-electron chi connectivity index (χ3n) is 2.75. The normalized spacial score (nSPS) is 12.5. The molecule has 1 aromatic carbocycles. The van der Waals surface area contributed by atoms with Gasteiger partial charge in [0.1, 0.15) is 5.82 Å². The van der Waals surface area contributed by atoms with Gasteiger partial charge in [-0.1, -0.05) is 13.8 Å². The second kappa shape index (κ2) is 7.04. The number of halogens is 1. The van der Waals surface area contributed by atoms with Crippen LogP contribution in [0, 0.1) is 21.8 Å². The summed E-state index contributed by atoms with van der Waals surface area (Å²) in [5, 5.41) is 13.8. The van der Waals surface area contributed by atoms with Crippen LogP contribution in [0.4, 0.5) is 15.8 Å². The number of hydrogen-bond acceptors (Lipinski definition) is 4. The summed E-state index contributed by atoms with van der Waals surface area (Å²) in [5.74, 6) is -0.371. The molecule has 0 radical (unpaired) electrons. The fraction of sp³-hybridized carbons (Fsp3) is 0.538. The zero-order valence-corrected chi connectivity index (χ0v) is 11.4. The molecule has 1 unspecified atom stereocenters. The first kappa shape index (κ1) is 15.4. The number of nitro groups is 1. The lowest BCUT2D eigenvalue weighted by molar-refractivity contribution is -0.385. The zero-order chi connectivity index (χ0) is 14.4. The Kier molecular flexibility index (Phi) is 5.69. The van der Waals surface area contributed by atoms with E-state index in [9.17, 15) is 14.5 Å². The average molecular weight is 270 g/mol. The van der Waals surface area contributed by atoms with E-state index in [0.29, 0.717) is 18.9 Å². The Morgan fingerprint density at radius 3 is 2.63 bits per heavy atom. The van der Waals surface area contributed by atoms with E-state index in [1.807, 2.05) is 20.8 Å². The van der Waals surface area contributed by atoms with Gasteiger partial charge in [-0.3, -0.25) is 10.1 Å². The average Bonchev–Trinajstić information content (AvgIpc) is 2.33. The van der Waals surface area contributed by atoms with E-state index in [-0.39, 0.29) is 17.6 Å². The first-order valence-electron chi connectivity index (χ1n) is 6.23. The highest BCUT2D eigenvalue weighted by Crippen LogP contribution is 2.22. The van der Waals surface area contributed by atoms with E-state index in [0.717, 1.165) is 6.07 Å². The maximum Gasteiger partial charge on any atom is 0.274 e. The summed E-state index contributed by atoms with van der Waals surface area (Å²) >= 11 is 0. The third kappa shape index (κ3) is 4.82. The molecular formula is C13H19FN2O3. The molecule has 0 aliphatic carbocycles. The van der Waals surface area contributed by atoms with Crippen molar-refractivity contribution in [2.75, 3.05) is 18.5 Å². The molecule has 0 bridgehead atoms. The predicted molar refractivity (Wildman–Crippen MR) is 71.8 cm³/mol. The van der Waals surface area contributed by atoms with Crippen LogP contribution in [-0.4, -0.2) is 24.2 Å². The second-order valence-corrected chi connectivity index (χ2v) is 4.61. The summed E-state index contributed by atoms with van der Waals surface area (Å²) in [6, 6.07) is 3.44. The van der Waals surface area contributed by atoms with Gasteiger partial charge in [0, 0.05) is 18.4 Å². The Morgan fingerprint density at radius 1 is 1.42 bits per heavy atom. The van der Waals surface area contributed by atoms with Crippen LogP contribution < -0.4 is 5.32 Å². The van der Waals surface area contributed by atoms with Crippen LogP contribution in [0.2, 0.25) is 0 Å². The molecule has 0 aliphatic rings. The zero-order valence-electron chi connectivity index (χ0n) is 11.4. The Balaban J connectivity index is 2.86. The highest BCUT2D eigenvalue weighted by Gasteiger charge is 2.16. The highest BCUT2D eigenvalue weighted by molar-refractivity contribution is 5.52. The number of nitrogens with one attached hydrogen (secondary N) is 1. The molecule has 1 atom stereocenters. The summed E-state index contributed by atoms with van der Waals surface area (Å²) in [7, 11) is 0. The fourth-order valence-electron chi connectivity index (χ4n) is 1.62. The van der Waals surface area contributed by atoms with Crippen LogP contribution in [-0.2, 0) is 4.74 Å². The molecule has 0 aliphatic heterocycles. The quantitative estimate of drug-likeness (QED) is 0.610. The molecule has 0 saturated carbocycles. The lowest BCUT2D eigenvalue weighted by Gasteiger charge is -2.23.